The van der Waals surface area contributed by atoms with Gasteiger partial charge in [-0.05, 0) is 57.5 Å². The smallest absolute Gasteiger partial charge is 0.122 e. The molecule has 1 heterocycles. The Morgan fingerprint density at radius 2 is 2.16 bits per heavy atom. The normalized spacial score (nSPS) is 12.4. The van der Waals surface area contributed by atoms with Gasteiger partial charge in [-0.25, -0.2) is 0 Å². The lowest BCUT2D eigenvalue weighted by Crippen LogP contribution is -2.22. The lowest BCUT2D eigenvalue weighted by molar-refractivity contribution is 0.405. The molecule has 1 unspecified atom stereocenters. The molecule has 0 saturated carbocycles. The van der Waals surface area contributed by atoms with Crippen molar-refractivity contribution in [1.82, 2.24) is 5.32 Å². The van der Waals surface area contributed by atoms with Crippen molar-refractivity contribution >= 4 is 27.3 Å². The third-order valence-electron chi connectivity index (χ3n) is 3.06. The van der Waals surface area contributed by atoms with Gasteiger partial charge >= 0.3 is 0 Å². The number of likely N-dealkylation sites (N-methyl/N-ethyl adjacent to an activating group) is 1. The zero-order valence-electron chi connectivity index (χ0n) is 11.2. The van der Waals surface area contributed by atoms with E-state index in [1.807, 2.05) is 12.1 Å². The van der Waals surface area contributed by atoms with Crippen molar-refractivity contribution in [1.29, 1.82) is 0 Å². The van der Waals surface area contributed by atoms with Gasteiger partial charge in [-0.1, -0.05) is 25.1 Å². The minimum absolute atomic E-state index is 0.323. The highest BCUT2D eigenvalue weighted by Crippen LogP contribution is 2.29. The molecule has 4 heteroatoms. The summed E-state index contributed by atoms with van der Waals surface area (Å²) in [6.07, 6.45) is 0.932. The Morgan fingerprint density at radius 3 is 2.79 bits per heavy atom. The highest BCUT2D eigenvalue weighted by atomic mass is 79.9. The minimum Gasteiger partial charge on any atom is -0.496 e. The van der Waals surface area contributed by atoms with E-state index in [-0.39, 0.29) is 0 Å². The number of halogens is 1. The molecule has 0 aliphatic rings. The van der Waals surface area contributed by atoms with Gasteiger partial charge in [0.25, 0.3) is 0 Å². The summed E-state index contributed by atoms with van der Waals surface area (Å²) in [5, 5.41) is 5.74. The number of hydrogen-bond donors (Lipinski definition) is 1. The number of methoxy groups -OCH3 is 1. The van der Waals surface area contributed by atoms with E-state index in [2.05, 4.69) is 51.7 Å². The first-order valence-electron chi connectivity index (χ1n) is 6.33. The van der Waals surface area contributed by atoms with E-state index in [1.54, 1.807) is 18.4 Å². The van der Waals surface area contributed by atoms with Crippen LogP contribution in [-0.2, 0) is 6.42 Å². The van der Waals surface area contributed by atoms with Crippen molar-refractivity contribution in [2.45, 2.75) is 19.4 Å². The molecule has 19 heavy (non-hydrogen) atoms. The van der Waals surface area contributed by atoms with Crippen LogP contribution >= 0.6 is 27.3 Å². The fourth-order valence-corrected chi connectivity index (χ4v) is 3.38. The second-order valence-electron chi connectivity index (χ2n) is 4.31. The summed E-state index contributed by atoms with van der Waals surface area (Å²) in [5.74, 6) is 0.958. The van der Waals surface area contributed by atoms with Crippen molar-refractivity contribution in [3.63, 3.8) is 0 Å². The van der Waals surface area contributed by atoms with Gasteiger partial charge in [0.05, 0.1) is 10.9 Å². The average molecular weight is 340 g/mol. The standard InChI is InChI=1S/C15H18BrNOS/c1-3-17-13(12-9-15(16)19-10-12)8-11-6-4-5-7-14(11)18-2/h4-7,9-10,13,17H,3,8H2,1-2H3. The van der Waals surface area contributed by atoms with Crippen LogP contribution in [0.5, 0.6) is 5.75 Å². The van der Waals surface area contributed by atoms with Crippen LogP contribution in [0.15, 0.2) is 39.5 Å². The first kappa shape index (κ1) is 14.6. The summed E-state index contributed by atoms with van der Waals surface area (Å²) >= 11 is 5.26. The maximum atomic E-state index is 5.43. The predicted molar refractivity (Wildman–Crippen MR) is 85.1 cm³/mol. The van der Waals surface area contributed by atoms with Crippen LogP contribution in [-0.4, -0.2) is 13.7 Å². The maximum Gasteiger partial charge on any atom is 0.122 e. The van der Waals surface area contributed by atoms with Crippen molar-refractivity contribution < 1.29 is 4.74 Å². The molecular formula is C15H18BrNOS. The molecule has 0 saturated heterocycles. The Labute approximate surface area is 126 Å². The molecule has 102 valence electrons. The third kappa shape index (κ3) is 3.81. The number of para-hydroxylation sites is 1. The molecule has 1 N–H and O–H groups in total. The van der Waals surface area contributed by atoms with Crippen LogP contribution in [0.2, 0.25) is 0 Å². The summed E-state index contributed by atoms with van der Waals surface area (Å²) in [6.45, 7) is 3.09. The van der Waals surface area contributed by atoms with Gasteiger partial charge in [0.2, 0.25) is 0 Å². The number of thiophene rings is 1. The van der Waals surface area contributed by atoms with Crippen molar-refractivity contribution in [3.05, 3.63) is 50.6 Å². The largest absolute Gasteiger partial charge is 0.496 e. The third-order valence-corrected chi connectivity index (χ3v) is 4.58. The quantitative estimate of drug-likeness (QED) is 0.841. The highest BCUT2D eigenvalue weighted by molar-refractivity contribution is 9.11. The van der Waals surface area contributed by atoms with E-state index >= 15 is 0 Å². The summed E-state index contributed by atoms with van der Waals surface area (Å²) in [6, 6.07) is 10.7. The van der Waals surface area contributed by atoms with Gasteiger partial charge in [0, 0.05) is 6.04 Å². The molecule has 2 nitrogen and oxygen atoms in total. The number of ether oxygens (including phenoxy) is 1. The number of nitrogens with one attached hydrogen (secondary N) is 1. The molecule has 0 aliphatic heterocycles. The molecule has 0 fully saturated rings. The monoisotopic (exact) mass is 339 g/mol. The molecule has 0 amide bonds. The Kier molecular flexibility index (Phi) is 5.43. The first-order valence-corrected chi connectivity index (χ1v) is 8.01. The Balaban J connectivity index is 2.21. The SMILES string of the molecule is CCNC(Cc1ccccc1OC)c1csc(Br)c1. The van der Waals surface area contributed by atoms with Crippen LogP contribution in [0.25, 0.3) is 0 Å². The number of hydrogen-bond acceptors (Lipinski definition) is 3. The zero-order chi connectivity index (χ0) is 13.7. The zero-order valence-corrected chi connectivity index (χ0v) is 13.6. The van der Waals surface area contributed by atoms with E-state index in [4.69, 9.17) is 4.74 Å². The predicted octanol–water partition coefficient (Wildman–Crippen LogP) is 4.41. The summed E-state index contributed by atoms with van der Waals surface area (Å²) in [4.78, 5) is 0. The second kappa shape index (κ2) is 7.08. The molecule has 0 radical (unpaired) electrons. The van der Waals surface area contributed by atoms with Crippen LogP contribution in [0, 0.1) is 0 Å². The van der Waals surface area contributed by atoms with Gasteiger partial charge in [-0.15, -0.1) is 11.3 Å². The maximum absolute atomic E-state index is 5.43. The fraction of sp³-hybridized carbons (Fsp3) is 0.333. The lowest BCUT2D eigenvalue weighted by Gasteiger charge is -2.18. The average Bonchev–Trinajstić information content (AvgIpc) is 2.85. The van der Waals surface area contributed by atoms with Gasteiger partial charge in [0.1, 0.15) is 5.75 Å². The number of rotatable bonds is 6. The Bertz CT molecular complexity index is 526. The Hall–Kier alpha value is -0.840. The van der Waals surface area contributed by atoms with Crippen LogP contribution in [0.1, 0.15) is 24.1 Å². The van der Waals surface area contributed by atoms with Crippen LogP contribution in [0.4, 0.5) is 0 Å². The van der Waals surface area contributed by atoms with Crippen LogP contribution in [0.3, 0.4) is 0 Å². The molecule has 1 aromatic heterocycles. The molecular weight excluding hydrogens is 322 g/mol. The van der Waals surface area contributed by atoms with E-state index in [0.29, 0.717) is 6.04 Å². The van der Waals surface area contributed by atoms with Gasteiger partial charge in [-0.3, -0.25) is 0 Å². The molecule has 0 bridgehead atoms. The van der Waals surface area contributed by atoms with Gasteiger partial charge in [0.15, 0.2) is 0 Å². The summed E-state index contributed by atoms with van der Waals surface area (Å²) in [7, 11) is 1.72. The molecule has 2 rings (SSSR count). The van der Waals surface area contributed by atoms with E-state index in [9.17, 15) is 0 Å². The van der Waals surface area contributed by atoms with E-state index in [1.165, 1.54) is 14.9 Å². The van der Waals surface area contributed by atoms with Gasteiger partial charge < -0.3 is 10.1 Å². The van der Waals surface area contributed by atoms with E-state index in [0.717, 1.165) is 18.7 Å². The molecule has 1 aromatic carbocycles. The molecule has 1 atom stereocenters. The highest BCUT2D eigenvalue weighted by Gasteiger charge is 2.15. The van der Waals surface area contributed by atoms with Crippen molar-refractivity contribution in [2.75, 3.05) is 13.7 Å². The number of benzene rings is 1. The summed E-state index contributed by atoms with van der Waals surface area (Å²) < 4.78 is 6.60. The van der Waals surface area contributed by atoms with Crippen molar-refractivity contribution in [2.24, 2.45) is 0 Å². The van der Waals surface area contributed by atoms with Crippen molar-refractivity contribution in [3.8, 4) is 5.75 Å². The molecule has 0 spiro atoms. The summed E-state index contributed by atoms with van der Waals surface area (Å²) in [5.41, 5.74) is 2.56. The minimum atomic E-state index is 0.323. The van der Waals surface area contributed by atoms with Crippen LogP contribution < -0.4 is 10.1 Å². The topological polar surface area (TPSA) is 21.3 Å². The fourth-order valence-electron chi connectivity index (χ4n) is 2.15. The Morgan fingerprint density at radius 1 is 1.37 bits per heavy atom. The second-order valence-corrected chi connectivity index (χ2v) is 6.60. The van der Waals surface area contributed by atoms with Gasteiger partial charge in [-0.2, -0.15) is 0 Å². The molecule has 2 aromatic rings. The van der Waals surface area contributed by atoms with E-state index < -0.39 is 0 Å². The molecule has 0 aliphatic carbocycles. The lowest BCUT2D eigenvalue weighted by atomic mass is 10.0. The first-order chi connectivity index (χ1) is 9.24.